The van der Waals surface area contributed by atoms with Crippen molar-refractivity contribution in [2.24, 2.45) is 0 Å². The second-order valence-corrected chi connectivity index (χ2v) is 17.8. The molecule has 0 aromatic carbocycles. The number of ether oxygens (including phenoxy) is 3. The van der Waals surface area contributed by atoms with Gasteiger partial charge in [-0.15, -0.1) is 0 Å². The lowest BCUT2D eigenvalue weighted by Gasteiger charge is -2.18. The molecule has 63 heavy (non-hydrogen) atoms. The third kappa shape index (κ3) is 50.0. The standard InChI is InChI=1S/C57H100O6/c1-4-7-10-13-16-19-22-25-26-27-28-29-30-33-35-38-41-44-47-50-56(59)62-53-54(63-57(60)51-48-45-42-39-36-32-24-21-18-15-12-9-6-3)52-61-55(58)49-46-43-40-37-34-31-23-20-17-14-11-8-5-2/h9,12,15,18,21,24,27-28,31,34,54H,4-8,10-11,13-14,16-17,19-20,22-23,25-26,29-30,32-33,35-53H2,1-3H3/b12-9-,18-15-,24-21-,28-27-,34-31-. The summed E-state index contributed by atoms with van der Waals surface area (Å²) in [5.41, 5.74) is 0. The van der Waals surface area contributed by atoms with Crippen molar-refractivity contribution in [1.82, 2.24) is 0 Å². The third-order valence-corrected chi connectivity index (χ3v) is 11.5. The molecular formula is C57H100O6. The number of unbranched alkanes of at least 4 members (excludes halogenated alkanes) is 29. The Bertz CT molecular complexity index is 1150. The Hall–Kier alpha value is -2.89. The van der Waals surface area contributed by atoms with E-state index in [1.54, 1.807) is 0 Å². The maximum Gasteiger partial charge on any atom is 0.306 e. The molecule has 0 spiro atoms. The molecule has 1 atom stereocenters. The Kier molecular flexibility index (Phi) is 49.4. The highest BCUT2D eigenvalue weighted by atomic mass is 16.6. The average molecular weight is 881 g/mol. The molecule has 0 aromatic rings. The van der Waals surface area contributed by atoms with Gasteiger partial charge in [0.1, 0.15) is 13.2 Å². The van der Waals surface area contributed by atoms with E-state index in [-0.39, 0.29) is 31.1 Å². The van der Waals surface area contributed by atoms with E-state index in [1.165, 1.54) is 128 Å². The molecule has 0 aliphatic carbocycles. The van der Waals surface area contributed by atoms with E-state index in [9.17, 15) is 14.4 Å². The number of esters is 3. The second kappa shape index (κ2) is 51.7. The summed E-state index contributed by atoms with van der Waals surface area (Å²) < 4.78 is 16.8. The lowest BCUT2D eigenvalue weighted by Crippen LogP contribution is -2.30. The van der Waals surface area contributed by atoms with Crippen LogP contribution in [-0.4, -0.2) is 37.2 Å². The van der Waals surface area contributed by atoms with E-state index >= 15 is 0 Å². The first-order valence-corrected chi connectivity index (χ1v) is 26.8. The smallest absolute Gasteiger partial charge is 0.306 e. The van der Waals surface area contributed by atoms with Crippen LogP contribution in [-0.2, 0) is 28.6 Å². The van der Waals surface area contributed by atoms with E-state index < -0.39 is 6.10 Å². The molecule has 6 heteroatoms. The van der Waals surface area contributed by atoms with Crippen LogP contribution in [0, 0.1) is 0 Å². The SMILES string of the molecule is CC\C=C/C=C\C=C/CCCCCCCC(=O)OC(COC(=O)CCCCC/C=C\CCCCCCCC)COC(=O)CCCCCCCCC/C=C\CCCCCCCCCC. The molecule has 0 aliphatic rings. The van der Waals surface area contributed by atoms with Gasteiger partial charge in [0, 0.05) is 19.3 Å². The largest absolute Gasteiger partial charge is 0.462 e. The van der Waals surface area contributed by atoms with Crippen LogP contribution in [0.25, 0.3) is 0 Å². The Morgan fingerprint density at radius 1 is 0.333 bits per heavy atom. The maximum atomic E-state index is 12.8. The van der Waals surface area contributed by atoms with Gasteiger partial charge in [0.2, 0.25) is 0 Å². The summed E-state index contributed by atoms with van der Waals surface area (Å²) in [4.78, 5) is 38.0. The molecule has 0 saturated carbocycles. The number of rotatable bonds is 48. The molecule has 0 amide bonds. The number of carbonyl (C=O) groups is 3. The van der Waals surface area contributed by atoms with Crippen LogP contribution in [0.15, 0.2) is 60.8 Å². The first kappa shape index (κ1) is 60.1. The fourth-order valence-corrected chi connectivity index (χ4v) is 7.49. The van der Waals surface area contributed by atoms with Gasteiger partial charge in [-0.2, -0.15) is 0 Å². The normalized spacial score (nSPS) is 12.5. The molecule has 0 saturated heterocycles. The van der Waals surface area contributed by atoms with E-state index in [0.29, 0.717) is 19.3 Å². The fourth-order valence-electron chi connectivity index (χ4n) is 7.49. The van der Waals surface area contributed by atoms with Gasteiger partial charge in [0.25, 0.3) is 0 Å². The minimum Gasteiger partial charge on any atom is -0.462 e. The van der Waals surface area contributed by atoms with Gasteiger partial charge in [0.05, 0.1) is 0 Å². The van der Waals surface area contributed by atoms with Gasteiger partial charge >= 0.3 is 17.9 Å². The molecule has 0 N–H and O–H groups in total. The van der Waals surface area contributed by atoms with Crippen LogP contribution < -0.4 is 0 Å². The van der Waals surface area contributed by atoms with Crippen LogP contribution in [0.1, 0.15) is 265 Å². The van der Waals surface area contributed by atoms with Crippen molar-refractivity contribution in [2.75, 3.05) is 13.2 Å². The van der Waals surface area contributed by atoms with E-state index in [1.807, 2.05) is 0 Å². The number of allylic oxidation sites excluding steroid dienone is 10. The van der Waals surface area contributed by atoms with Crippen LogP contribution >= 0.6 is 0 Å². The van der Waals surface area contributed by atoms with Crippen LogP contribution in [0.5, 0.6) is 0 Å². The molecular weight excluding hydrogens is 781 g/mol. The van der Waals surface area contributed by atoms with Crippen molar-refractivity contribution in [3.8, 4) is 0 Å². The van der Waals surface area contributed by atoms with Gasteiger partial charge in [-0.05, 0) is 89.9 Å². The minimum atomic E-state index is -0.791. The third-order valence-electron chi connectivity index (χ3n) is 11.5. The highest BCUT2D eigenvalue weighted by Crippen LogP contribution is 2.15. The van der Waals surface area contributed by atoms with E-state index in [0.717, 1.165) is 96.3 Å². The van der Waals surface area contributed by atoms with Gasteiger partial charge in [-0.3, -0.25) is 14.4 Å². The van der Waals surface area contributed by atoms with Crippen molar-refractivity contribution >= 4 is 17.9 Å². The van der Waals surface area contributed by atoms with Crippen molar-refractivity contribution in [2.45, 2.75) is 271 Å². The molecule has 1 unspecified atom stereocenters. The Balaban J connectivity index is 4.37. The molecule has 6 nitrogen and oxygen atoms in total. The highest BCUT2D eigenvalue weighted by Gasteiger charge is 2.19. The minimum absolute atomic E-state index is 0.0892. The quantitative estimate of drug-likeness (QED) is 0.0199. The van der Waals surface area contributed by atoms with Crippen molar-refractivity contribution in [3.63, 3.8) is 0 Å². The second-order valence-electron chi connectivity index (χ2n) is 17.8. The van der Waals surface area contributed by atoms with Gasteiger partial charge in [-0.1, -0.05) is 216 Å². The van der Waals surface area contributed by atoms with Crippen molar-refractivity contribution in [1.29, 1.82) is 0 Å². The lowest BCUT2D eigenvalue weighted by molar-refractivity contribution is -0.167. The molecule has 0 rings (SSSR count). The highest BCUT2D eigenvalue weighted by molar-refractivity contribution is 5.71. The van der Waals surface area contributed by atoms with E-state index in [4.69, 9.17) is 14.2 Å². The predicted octanol–water partition coefficient (Wildman–Crippen LogP) is 17.6. The zero-order chi connectivity index (χ0) is 45.8. The van der Waals surface area contributed by atoms with Gasteiger partial charge in [0.15, 0.2) is 6.10 Å². The topological polar surface area (TPSA) is 78.9 Å². The Morgan fingerprint density at radius 3 is 1.02 bits per heavy atom. The predicted molar refractivity (Wildman–Crippen MR) is 270 cm³/mol. The first-order chi connectivity index (χ1) is 31.0. The fraction of sp³-hybridized carbons (Fsp3) is 0.772. The van der Waals surface area contributed by atoms with Crippen LogP contribution in [0.2, 0.25) is 0 Å². The van der Waals surface area contributed by atoms with Gasteiger partial charge in [-0.25, -0.2) is 0 Å². The molecule has 0 aromatic heterocycles. The Morgan fingerprint density at radius 2 is 0.635 bits per heavy atom. The van der Waals surface area contributed by atoms with Crippen molar-refractivity contribution < 1.29 is 28.6 Å². The van der Waals surface area contributed by atoms with Crippen LogP contribution in [0.3, 0.4) is 0 Å². The molecule has 0 radical (unpaired) electrons. The summed E-state index contributed by atoms with van der Waals surface area (Å²) in [6.07, 6.45) is 63.5. The summed E-state index contributed by atoms with van der Waals surface area (Å²) in [5.74, 6) is -0.926. The number of hydrogen-bond donors (Lipinski definition) is 0. The number of carbonyl (C=O) groups excluding carboxylic acids is 3. The van der Waals surface area contributed by atoms with Crippen molar-refractivity contribution in [3.05, 3.63) is 60.8 Å². The maximum absolute atomic E-state index is 12.8. The first-order valence-electron chi connectivity index (χ1n) is 26.8. The molecule has 0 aliphatic heterocycles. The zero-order valence-electron chi connectivity index (χ0n) is 41.6. The van der Waals surface area contributed by atoms with Gasteiger partial charge < -0.3 is 14.2 Å². The summed E-state index contributed by atoms with van der Waals surface area (Å²) >= 11 is 0. The monoisotopic (exact) mass is 881 g/mol. The summed E-state index contributed by atoms with van der Waals surface area (Å²) in [7, 11) is 0. The summed E-state index contributed by atoms with van der Waals surface area (Å²) in [5, 5.41) is 0. The average Bonchev–Trinajstić information content (AvgIpc) is 3.28. The zero-order valence-corrected chi connectivity index (χ0v) is 41.6. The summed E-state index contributed by atoms with van der Waals surface area (Å²) in [6.45, 7) is 6.47. The van der Waals surface area contributed by atoms with E-state index in [2.05, 4.69) is 81.5 Å². The molecule has 0 fully saturated rings. The molecule has 0 heterocycles. The lowest BCUT2D eigenvalue weighted by atomic mass is 10.1. The Labute approximate surface area is 390 Å². The summed E-state index contributed by atoms with van der Waals surface area (Å²) in [6, 6.07) is 0. The van der Waals surface area contributed by atoms with Crippen LogP contribution in [0.4, 0.5) is 0 Å². The molecule has 0 bridgehead atoms. The molecule has 364 valence electrons. The number of hydrogen-bond acceptors (Lipinski definition) is 6.